The van der Waals surface area contributed by atoms with Gasteiger partial charge in [-0.1, -0.05) is 15.9 Å². The van der Waals surface area contributed by atoms with Crippen LogP contribution in [0, 0.1) is 0 Å². The number of amides is 1. The van der Waals surface area contributed by atoms with Gasteiger partial charge in [-0.3, -0.25) is 9.69 Å². The third kappa shape index (κ3) is 5.29. The Morgan fingerprint density at radius 3 is 2.84 bits per heavy atom. The molecule has 2 aliphatic heterocycles. The largest absolute Gasteiger partial charge is 0.356 e. The summed E-state index contributed by atoms with van der Waals surface area (Å²) in [7, 11) is 0. The average molecular weight is 495 g/mol. The Morgan fingerprint density at radius 2 is 2.16 bits per heavy atom. The molecule has 3 heterocycles. The van der Waals surface area contributed by atoms with E-state index in [0.717, 1.165) is 60.6 Å². The highest BCUT2D eigenvalue weighted by Gasteiger charge is 2.31. The highest BCUT2D eigenvalue weighted by molar-refractivity contribution is 9.10. The number of hydrogen-bond acceptors (Lipinski definition) is 4. The van der Waals surface area contributed by atoms with Gasteiger partial charge < -0.3 is 10.1 Å². The van der Waals surface area contributed by atoms with E-state index >= 15 is 0 Å². The number of carbonyl (C=O) groups excluding carboxylic acids is 1. The molecule has 1 unspecified atom stereocenters. The van der Waals surface area contributed by atoms with Gasteiger partial charge in [0.1, 0.15) is 5.67 Å². The van der Waals surface area contributed by atoms with Crippen LogP contribution in [-0.4, -0.2) is 58.0 Å². The van der Waals surface area contributed by atoms with Crippen molar-refractivity contribution in [1.29, 1.82) is 0 Å². The summed E-state index contributed by atoms with van der Waals surface area (Å²) in [5.74, 6) is -0.158. The zero-order valence-corrected chi connectivity index (χ0v) is 20.1. The lowest BCUT2D eigenvalue weighted by atomic mass is 9.96. The van der Waals surface area contributed by atoms with Crippen molar-refractivity contribution in [3.05, 3.63) is 28.4 Å². The quantitative estimate of drug-likeness (QED) is 0.646. The molecule has 3 atom stereocenters. The number of halogens is 2. The second kappa shape index (κ2) is 9.16. The van der Waals surface area contributed by atoms with Crippen LogP contribution in [0.3, 0.4) is 0 Å². The van der Waals surface area contributed by atoms with Gasteiger partial charge in [0.05, 0.1) is 5.52 Å². The van der Waals surface area contributed by atoms with Gasteiger partial charge in [0.15, 0.2) is 11.9 Å². The number of nitrogens with one attached hydrogen (secondary N) is 1. The molecule has 0 radical (unpaired) electrons. The summed E-state index contributed by atoms with van der Waals surface area (Å²) >= 11 is 3.52. The fourth-order valence-electron chi connectivity index (χ4n) is 4.74. The van der Waals surface area contributed by atoms with Crippen molar-refractivity contribution in [2.45, 2.75) is 76.9 Å². The molecule has 1 aromatic heterocycles. The van der Waals surface area contributed by atoms with Crippen molar-refractivity contribution in [1.82, 2.24) is 20.0 Å². The Morgan fingerprint density at radius 1 is 1.35 bits per heavy atom. The number of benzene rings is 1. The van der Waals surface area contributed by atoms with Crippen LogP contribution >= 0.6 is 15.9 Å². The van der Waals surface area contributed by atoms with E-state index in [1.54, 1.807) is 13.8 Å². The number of fused-ring (bicyclic) bond motifs is 1. The van der Waals surface area contributed by atoms with Crippen LogP contribution in [0.5, 0.6) is 0 Å². The molecule has 8 heteroatoms. The predicted molar refractivity (Wildman–Crippen MR) is 123 cm³/mol. The van der Waals surface area contributed by atoms with E-state index in [2.05, 4.69) is 33.1 Å². The van der Waals surface area contributed by atoms with Gasteiger partial charge in [0, 0.05) is 41.6 Å². The summed E-state index contributed by atoms with van der Waals surface area (Å²) in [4.78, 5) is 15.4. The topological polar surface area (TPSA) is 59.4 Å². The molecule has 170 valence electrons. The molecule has 0 aliphatic carbocycles. The van der Waals surface area contributed by atoms with Gasteiger partial charge in [-0.05, 0) is 71.1 Å². The van der Waals surface area contributed by atoms with E-state index in [0.29, 0.717) is 12.2 Å². The zero-order chi connectivity index (χ0) is 22.2. The van der Waals surface area contributed by atoms with E-state index < -0.39 is 5.67 Å². The maximum Gasteiger partial charge on any atom is 0.272 e. The average Bonchev–Trinajstić information content (AvgIpc) is 3.08. The van der Waals surface area contributed by atoms with Crippen LogP contribution in [0.4, 0.5) is 4.39 Å². The summed E-state index contributed by atoms with van der Waals surface area (Å²) in [6.45, 7) is 7.24. The molecule has 1 amide bonds. The maximum absolute atomic E-state index is 14.1. The van der Waals surface area contributed by atoms with Crippen LogP contribution in [0.2, 0.25) is 0 Å². The first kappa shape index (κ1) is 22.7. The number of nitrogens with zero attached hydrogens (tertiary/aromatic N) is 3. The number of rotatable bonds is 5. The Bertz CT molecular complexity index is 936. The molecule has 6 nitrogen and oxygen atoms in total. The fourth-order valence-corrected chi connectivity index (χ4v) is 5.10. The van der Waals surface area contributed by atoms with Crippen LogP contribution in [0.15, 0.2) is 22.7 Å². The molecule has 2 aliphatic rings. The van der Waals surface area contributed by atoms with Crippen molar-refractivity contribution in [2.24, 2.45) is 0 Å². The molecule has 0 spiro atoms. The number of aromatic nitrogens is 2. The molecule has 31 heavy (non-hydrogen) atoms. The monoisotopic (exact) mass is 494 g/mol. The Hall–Kier alpha value is -1.51. The van der Waals surface area contributed by atoms with Gasteiger partial charge in [0.25, 0.3) is 5.91 Å². The van der Waals surface area contributed by atoms with Crippen molar-refractivity contribution < 1.29 is 13.9 Å². The summed E-state index contributed by atoms with van der Waals surface area (Å²) in [5, 5.41) is 8.71. The number of alkyl halides is 1. The lowest BCUT2D eigenvalue weighted by Crippen LogP contribution is -2.51. The SMILES string of the molecule is C[C@H]1C[C@H](NC(=O)c2nn(C3CCCCO3)c3ccc(Br)cc23)CCN1CC(C)(C)F. The predicted octanol–water partition coefficient (Wildman–Crippen LogP) is 4.83. The van der Waals surface area contributed by atoms with Crippen LogP contribution < -0.4 is 5.32 Å². The third-order valence-corrected chi connectivity index (χ3v) is 6.73. The van der Waals surface area contributed by atoms with E-state index in [1.807, 2.05) is 22.9 Å². The molecule has 1 aromatic carbocycles. The molecule has 4 rings (SSSR count). The Labute approximate surface area is 191 Å². The minimum atomic E-state index is -1.22. The van der Waals surface area contributed by atoms with E-state index in [-0.39, 0.29) is 24.2 Å². The van der Waals surface area contributed by atoms with Gasteiger partial charge in [0.2, 0.25) is 0 Å². The summed E-state index contributed by atoms with van der Waals surface area (Å²) < 4.78 is 22.8. The first-order chi connectivity index (χ1) is 14.7. The van der Waals surface area contributed by atoms with Crippen LogP contribution in [0.25, 0.3) is 10.9 Å². The first-order valence-electron chi connectivity index (χ1n) is 11.2. The normalized spacial score (nSPS) is 25.6. The molecule has 0 bridgehead atoms. The van der Waals surface area contributed by atoms with E-state index in [4.69, 9.17) is 9.84 Å². The molecule has 1 N–H and O–H groups in total. The van der Waals surface area contributed by atoms with Crippen molar-refractivity contribution in [2.75, 3.05) is 19.7 Å². The number of hydrogen-bond donors (Lipinski definition) is 1. The lowest BCUT2D eigenvalue weighted by Gasteiger charge is -2.39. The lowest BCUT2D eigenvalue weighted by molar-refractivity contribution is -0.0368. The van der Waals surface area contributed by atoms with Gasteiger partial charge >= 0.3 is 0 Å². The van der Waals surface area contributed by atoms with Gasteiger partial charge in [-0.25, -0.2) is 9.07 Å². The number of carbonyl (C=O) groups is 1. The minimum absolute atomic E-state index is 0.0553. The number of ether oxygens (including phenoxy) is 1. The van der Waals surface area contributed by atoms with Gasteiger partial charge in [-0.2, -0.15) is 5.10 Å². The summed E-state index contributed by atoms with van der Waals surface area (Å²) in [6.07, 6.45) is 4.53. The highest BCUT2D eigenvalue weighted by Crippen LogP contribution is 2.30. The standard InChI is InChI=1S/C23H32BrFN4O2/c1-15-12-17(9-10-28(15)14-23(2,3)25)26-22(30)21-18-13-16(24)7-8-19(18)29(27-21)20-6-4-5-11-31-20/h7-8,13,15,17,20H,4-6,9-12,14H2,1-3H3,(H,26,30)/t15-,17+,20?/m0/s1. The Kier molecular flexibility index (Phi) is 6.70. The maximum atomic E-state index is 14.1. The minimum Gasteiger partial charge on any atom is -0.356 e. The van der Waals surface area contributed by atoms with Crippen molar-refractivity contribution >= 4 is 32.7 Å². The summed E-state index contributed by atoms with van der Waals surface area (Å²) in [5.41, 5.74) is 0.129. The first-order valence-corrected chi connectivity index (χ1v) is 12.0. The van der Waals surface area contributed by atoms with E-state index in [1.165, 1.54) is 0 Å². The zero-order valence-electron chi connectivity index (χ0n) is 18.5. The van der Waals surface area contributed by atoms with Crippen molar-refractivity contribution in [3.8, 4) is 0 Å². The Balaban J connectivity index is 1.51. The van der Waals surface area contributed by atoms with Crippen LogP contribution in [-0.2, 0) is 4.74 Å². The van der Waals surface area contributed by atoms with Crippen molar-refractivity contribution in [3.63, 3.8) is 0 Å². The molecular weight excluding hydrogens is 463 g/mol. The molecular formula is C23H32BrFN4O2. The molecule has 0 saturated carbocycles. The summed E-state index contributed by atoms with van der Waals surface area (Å²) in [6, 6.07) is 6.17. The van der Waals surface area contributed by atoms with Crippen LogP contribution in [0.1, 0.15) is 69.6 Å². The number of likely N-dealkylation sites (tertiary alicyclic amines) is 1. The third-order valence-electron chi connectivity index (χ3n) is 6.24. The molecule has 2 saturated heterocycles. The van der Waals surface area contributed by atoms with E-state index in [9.17, 15) is 9.18 Å². The van der Waals surface area contributed by atoms with Gasteiger partial charge in [-0.15, -0.1) is 0 Å². The number of piperidine rings is 1. The molecule has 2 aromatic rings. The second-order valence-electron chi connectivity index (χ2n) is 9.51. The second-order valence-corrected chi connectivity index (χ2v) is 10.4. The smallest absolute Gasteiger partial charge is 0.272 e. The highest BCUT2D eigenvalue weighted by atomic mass is 79.9. The molecule has 2 fully saturated rings. The fraction of sp³-hybridized carbons (Fsp3) is 0.652.